The van der Waals surface area contributed by atoms with Crippen molar-refractivity contribution in [1.82, 2.24) is 15.1 Å². The van der Waals surface area contributed by atoms with Gasteiger partial charge in [-0.2, -0.15) is 5.10 Å². The minimum absolute atomic E-state index is 0.000898. The summed E-state index contributed by atoms with van der Waals surface area (Å²) in [5, 5.41) is 11.0. The van der Waals surface area contributed by atoms with Gasteiger partial charge in [0, 0.05) is 18.4 Å². The molecule has 6 heteroatoms. The third kappa shape index (κ3) is 4.31. The highest BCUT2D eigenvalue weighted by Crippen LogP contribution is 2.30. The summed E-state index contributed by atoms with van der Waals surface area (Å²) >= 11 is 1.50. The van der Waals surface area contributed by atoms with Crippen molar-refractivity contribution in [2.75, 3.05) is 13.1 Å². The predicted octanol–water partition coefficient (Wildman–Crippen LogP) is 2.88. The van der Waals surface area contributed by atoms with Gasteiger partial charge in [0.25, 0.3) is 5.91 Å². The summed E-state index contributed by atoms with van der Waals surface area (Å²) in [6.07, 6.45) is 0.963. The van der Waals surface area contributed by atoms with Crippen LogP contribution in [0.4, 0.5) is 0 Å². The fraction of sp³-hybridized carbons (Fsp3) is 0.400. The number of hydrogen-bond acceptors (Lipinski definition) is 3. The number of aromatic nitrogens is 2. The molecule has 0 spiro atoms. The standard InChI is InChI=1S/C20H26N4OS/c1-14-16-13-17(18(25)21-11-8-12-22-20(2,3)4)26-19(16)24(23-14)15-9-6-5-7-10-15/h5-7,9-10,13,22H,8,11-12H2,1-4H3,(H,21,25)/p+1. The molecule has 0 radical (unpaired) electrons. The minimum atomic E-state index is 0.000898. The van der Waals surface area contributed by atoms with Gasteiger partial charge in [-0.15, -0.1) is 11.3 Å². The largest absolute Gasteiger partial charge is 0.351 e. The maximum Gasteiger partial charge on any atom is 0.261 e. The van der Waals surface area contributed by atoms with E-state index >= 15 is 0 Å². The van der Waals surface area contributed by atoms with Crippen LogP contribution < -0.4 is 10.6 Å². The molecule has 1 amide bonds. The first kappa shape index (κ1) is 18.6. The lowest BCUT2D eigenvalue weighted by atomic mass is 10.1. The molecular weight excluding hydrogens is 344 g/mol. The molecule has 3 N–H and O–H groups in total. The van der Waals surface area contributed by atoms with Gasteiger partial charge in [0.15, 0.2) is 0 Å². The summed E-state index contributed by atoms with van der Waals surface area (Å²) in [5.41, 5.74) is 2.19. The van der Waals surface area contributed by atoms with Gasteiger partial charge in [-0.1, -0.05) is 18.2 Å². The average Bonchev–Trinajstić information content (AvgIpc) is 3.15. The molecule has 3 aromatic rings. The van der Waals surface area contributed by atoms with Crippen LogP contribution in [0.15, 0.2) is 36.4 Å². The predicted molar refractivity (Wildman–Crippen MR) is 107 cm³/mol. The number of hydrogen-bond donors (Lipinski definition) is 2. The molecule has 138 valence electrons. The quantitative estimate of drug-likeness (QED) is 0.655. The van der Waals surface area contributed by atoms with Gasteiger partial charge in [-0.05, 0) is 45.9 Å². The molecule has 2 heterocycles. The topological polar surface area (TPSA) is 63.5 Å². The molecule has 0 fully saturated rings. The SMILES string of the molecule is Cc1nn(-c2ccccc2)c2sc(C(=O)NCCC[NH2+]C(C)(C)C)cc12. The van der Waals surface area contributed by atoms with Crippen molar-refractivity contribution >= 4 is 27.5 Å². The van der Waals surface area contributed by atoms with Crippen molar-refractivity contribution in [3.8, 4) is 5.69 Å². The lowest BCUT2D eigenvalue weighted by Gasteiger charge is -2.16. The average molecular weight is 372 g/mol. The first-order valence-electron chi connectivity index (χ1n) is 9.02. The van der Waals surface area contributed by atoms with Gasteiger partial charge in [0.2, 0.25) is 0 Å². The molecule has 0 saturated carbocycles. The van der Waals surface area contributed by atoms with Gasteiger partial charge in [0.1, 0.15) is 4.83 Å². The van der Waals surface area contributed by atoms with Crippen molar-refractivity contribution in [2.45, 2.75) is 39.7 Å². The van der Waals surface area contributed by atoms with Gasteiger partial charge >= 0.3 is 0 Å². The number of para-hydroxylation sites is 1. The van der Waals surface area contributed by atoms with Crippen LogP contribution in [0.5, 0.6) is 0 Å². The Morgan fingerprint density at radius 2 is 2.00 bits per heavy atom. The third-order valence-electron chi connectivity index (χ3n) is 4.19. The van der Waals surface area contributed by atoms with E-state index in [1.165, 1.54) is 11.3 Å². The van der Waals surface area contributed by atoms with Crippen LogP contribution in [0.1, 0.15) is 42.6 Å². The number of thiophene rings is 1. The van der Waals surface area contributed by atoms with Crippen molar-refractivity contribution in [1.29, 1.82) is 0 Å². The van der Waals surface area contributed by atoms with Crippen molar-refractivity contribution in [3.05, 3.63) is 47.0 Å². The molecule has 5 nitrogen and oxygen atoms in total. The number of fused-ring (bicyclic) bond motifs is 1. The first-order valence-corrected chi connectivity index (χ1v) is 9.84. The summed E-state index contributed by atoms with van der Waals surface area (Å²) in [7, 11) is 0. The lowest BCUT2D eigenvalue weighted by Crippen LogP contribution is -2.94. The van der Waals surface area contributed by atoms with Crippen LogP contribution in [0.2, 0.25) is 0 Å². The van der Waals surface area contributed by atoms with E-state index in [1.807, 2.05) is 48.0 Å². The van der Waals surface area contributed by atoms with E-state index in [0.29, 0.717) is 6.54 Å². The number of benzene rings is 1. The second-order valence-electron chi connectivity index (χ2n) is 7.63. The summed E-state index contributed by atoms with van der Waals surface area (Å²) in [4.78, 5) is 14.2. The lowest BCUT2D eigenvalue weighted by molar-refractivity contribution is -0.717. The second-order valence-corrected chi connectivity index (χ2v) is 8.66. The number of rotatable bonds is 6. The number of nitrogens with two attached hydrogens (primary N) is 1. The number of aryl methyl sites for hydroxylation is 1. The zero-order valence-electron chi connectivity index (χ0n) is 15.9. The molecule has 2 aromatic heterocycles. The Hall–Kier alpha value is -2.18. The fourth-order valence-corrected chi connectivity index (χ4v) is 3.93. The Balaban J connectivity index is 1.68. The monoisotopic (exact) mass is 371 g/mol. The molecule has 0 aliphatic heterocycles. The molecular formula is C20H27N4OS+. The van der Waals surface area contributed by atoms with Crippen LogP contribution >= 0.6 is 11.3 Å². The Bertz CT molecular complexity index is 890. The highest BCUT2D eigenvalue weighted by Gasteiger charge is 2.17. The molecule has 0 aliphatic carbocycles. The fourth-order valence-electron chi connectivity index (χ4n) is 2.83. The van der Waals surface area contributed by atoms with Gasteiger partial charge in [-0.25, -0.2) is 4.68 Å². The molecule has 26 heavy (non-hydrogen) atoms. The number of amides is 1. The highest BCUT2D eigenvalue weighted by atomic mass is 32.1. The molecule has 0 aliphatic rings. The van der Waals surface area contributed by atoms with Crippen LogP contribution in [-0.4, -0.2) is 34.3 Å². The number of carbonyl (C=O) groups excluding carboxylic acids is 1. The van der Waals surface area contributed by atoms with E-state index in [9.17, 15) is 4.79 Å². The molecule has 0 atom stereocenters. The van der Waals surface area contributed by atoms with E-state index in [-0.39, 0.29) is 11.4 Å². The van der Waals surface area contributed by atoms with Gasteiger partial charge in [0.05, 0.1) is 28.3 Å². The number of quaternary nitrogens is 1. The maximum absolute atomic E-state index is 12.5. The van der Waals surface area contributed by atoms with Gasteiger partial charge in [-0.3, -0.25) is 4.79 Å². The Morgan fingerprint density at radius 3 is 2.69 bits per heavy atom. The van der Waals surface area contributed by atoms with Crippen molar-refractivity contribution < 1.29 is 10.1 Å². The smallest absolute Gasteiger partial charge is 0.261 e. The summed E-state index contributed by atoms with van der Waals surface area (Å²) in [6, 6.07) is 12.0. The van der Waals surface area contributed by atoms with Crippen LogP contribution in [0.25, 0.3) is 15.9 Å². The van der Waals surface area contributed by atoms with Crippen LogP contribution in [0.3, 0.4) is 0 Å². The Labute approximate surface area is 158 Å². The van der Waals surface area contributed by atoms with E-state index in [4.69, 9.17) is 0 Å². The Morgan fingerprint density at radius 1 is 1.27 bits per heavy atom. The molecule has 1 aromatic carbocycles. The van der Waals surface area contributed by atoms with E-state index in [0.717, 1.165) is 39.4 Å². The first-order chi connectivity index (χ1) is 12.3. The summed E-state index contributed by atoms with van der Waals surface area (Å²) < 4.78 is 1.92. The van der Waals surface area contributed by atoms with E-state index < -0.39 is 0 Å². The molecule has 0 bridgehead atoms. The number of carbonyl (C=O) groups is 1. The summed E-state index contributed by atoms with van der Waals surface area (Å²) in [5.74, 6) is 0.000898. The third-order valence-corrected chi connectivity index (χ3v) is 5.30. The van der Waals surface area contributed by atoms with E-state index in [2.05, 4.69) is 36.5 Å². The highest BCUT2D eigenvalue weighted by molar-refractivity contribution is 7.20. The zero-order chi connectivity index (χ0) is 18.7. The number of nitrogens with one attached hydrogen (secondary N) is 1. The Kier molecular flexibility index (Phi) is 5.44. The summed E-state index contributed by atoms with van der Waals surface area (Å²) in [6.45, 7) is 10.3. The maximum atomic E-state index is 12.5. The number of nitrogens with zero attached hydrogens (tertiary/aromatic N) is 2. The van der Waals surface area contributed by atoms with E-state index in [1.54, 1.807) is 0 Å². The van der Waals surface area contributed by atoms with Crippen LogP contribution in [-0.2, 0) is 0 Å². The zero-order valence-corrected chi connectivity index (χ0v) is 16.7. The van der Waals surface area contributed by atoms with Gasteiger partial charge < -0.3 is 10.6 Å². The second kappa shape index (κ2) is 7.60. The molecule has 0 unspecified atom stereocenters. The molecule has 3 rings (SSSR count). The van der Waals surface area contributed by atoms with Crippen molar-refractivity contribution in [3.63, 3.8) is 0 Å². The molecule has 0 saturated heterocycles. The van der Waals surface area contributed by atoms with Crippen molar-refractivity contribution in [2.24, 2.45) is 0 Å². The van der Waals surface area contributed by atoms with Crippen LogP contribution in [0, 0.1) is 6.92 Å². The minimum Gasteiger partial charge on any atom is -0.351 e. The normalized spacial score (nSPS) is 11.8.